The summed E-state index contributed by atoms with van der Waals surface area (Å²) in [5.74, 6) is 0.923. The summed E-state index contributed by atoms with van der Waals surface area (Å²) in [6, 6.07) is 17.0. The Morgan fingerprint density at radius 3 is 2.61 bits per heavy atom. The Kier molecular flexibility index (Phi) is 2.89. The Morgan fingerprint density at radius 1 is 0.944 bits per heavy atom. The van der Waals surface area contributed by atoms with Crippen LogP contribution in [0.2, 0.25) is 0 Å². The van der Waals surface area contributed by atoms with Gasteiger partial charge in [0.15, 0.2) is 0 Å². The van der Waals surface area contributed by atoms with E-state index in [2.05, 4.69) is 48.5 Å². The second-order valence-electron chi connectivity index (χ2n) is 4.61. The Balaban J connectivity index is 1.93. The largest absolute Gasteiger partial charge is 0.497 e. The first-order valence-corrected chi connectivity index (χ1v) is 6.27. The molecule has 0 radical (unpaired) electrons. The summed E-state index contributed by atoms with van der Waals surface area (Å²) in [6.45, 7) is 0. The predicted octanol–water partition coefficient (Wildman–Crippen LogP) is 3.88. The Labute approximate surface area is 108 Å². The topological polar surface area (TPSA) is 9.23 Å². The smallest absolute Gasteiger partial charge is 0.119 e. The number of allylic oxidation sites excluding steroid dienone is 2. The van der Waals surface area contributed by atoms with Crippen LogP contribution in [-0.4, -0.2) is 7.11 Å². The highest BCUT2D eigenvalue weighted by Crippen LogP contribution is 2.29. The molecule has 1 heteroatoms. The lowest BCUT2D eigenvalue weighted by Crippen LogP contribution is -2.02. The third-order valence-electron chi connectivity index (χ3n) is 3.51. The Hall–Kier alpha value is -2.02. The zero-order chi connectivity index (χ0) is 12.4. The summed E-state index contributed by atoms with van der Waals surface area (Å²) in [4.78, 5) is 0. The maximum absolute atomic E-state index is 5.29. The van der Waals surface area contributed by atoms with E-state index in [4.69, 9.17) is 4.74 Å². The SMILES string of the molecule is COc1cccc(C2=CCc3ccccc3C2)c1. The van der Waals surface area contributed by atoms with Gasteiger partial charge in [0.1, 0.15) is 5.75 Å². The van der Waals surface area contributed by atoms with Crippen LogP contribution >= 0.6 is 0 Å². The van der Waals surface area contributed by atoms with Crippen LogP contribution in [0.15, 0.2) is 54.6 Å². The molecule has 0 amide bonds. The molecule has 0 saturated heterocycles. The molecule has 0 spiro atoms. The molecule has 0 fully saturated rings. The van der Waals surface area contributed by atoms with E-state index < -0.39 is 0 Å². The lowest BCUT2D eigenvalue weighted by atomic mass is 9.88. The number of ether oxygens (including phenoxy) is 1. The van der Waals surface area contributed by atoms with Crippen molar-refractivity contribution in [3.8, 4) is 5.75 Å². The Morgan fingerprint density at radius 2 is 1.78 bits per heavy atom. The van der Waals surface area contributed by atoms with Crippen molar-refractivity contribution in [3.63, 3.8) is 0 Å². The van der Waals surface area contributed by atoms with Gasteiger partial charge in [0.2, 0.25) is 0 Å². The van der Waals surface area contributed by atoms with Crippen LogP contribution in [0.4, 0.5) is 0 Å². The molecule has 0 saturated carbocycles. The van der Waals surface area contributed by atoms with Gasteiger partial charge in [-0.3, -0.25) is 0 Å². The maximum atomic E-state index is 5.29. The molecule has 0 bridgehead atoms. The van der Waals surface area contributed by atoms with Gasteiger partial charge < -0.3 is 4.74 Å². The molecule has 1 nitrogen and oxygen atoms in total. The van der Waals surface area contributed by atoms with Crippen molar-refractivity contribution in [2.45, 2.75) is 12.8 Å². The van der Waals surface area contributed by atoms with E-state index in [-0.39, 0.29) is 0 Å². The second-order valence-corrected chi connectivity index (χ2v) is 4.61. The van der Waals surface area contributed by atoms with Gasteiger partial charge in [-0.2, -0.15) is 0 Å². The van der Waals surface area contributed by atoms with Crippen LogP contribution in [-0.2, 0) is 12.8 Å². The Bertz CT molecular complexity index is 596. The number of benzene rings is 2. The first-order valence-electron chi connectivity index (χ1n) is 6.27. The molecular formula is C17H16O. The summed E-state index contributed by atoms with van der Waals surface area (Å²) < 4.78 is 5.29. The summed E-state index contributed by atoms with van der Waals surface area (Å²) in [7, 11) is 1.71. The van der Waals surface area contributed by atoms with E-state index in [1.807, 2.05) is 6.07 Å². The molecule has 18 heavy (non-hydrogen) atoms. The molecule has 0 heterocycles. The van der Waals surface area contributed by atoms with Crippen molar-refractivity contribution in [2.24, 2.45) is 0 Å². The van der Waals surface area contributed by atoms with E-state index in [0.29, 0.717) is 0 Å². The van der Waals surface area contributed by atoms with Gasteiger partial charge in [-0.05, 0) is 47.2 Å². The third-order valence-corrected chi connectivity index (χ3v) is 3.51. The predicted molar refractivity (Wildman–Crippen MR) is 74.8 cm³/mol. The molecule has 0 N–H and O–H groups in total. The maximum Gasteiger partial charge on any atom is 0.119 e. The third kappa shape index (κ3) is 2.04. The van der Waals surface area contributed by atoms with Gasteiger partial charge >= 0.3 is 0 Å². The highest BCUT2D eigenvalue weighted by molar-refractivity contribution is 5.71. The molecule has 0 unspecified atom stereocenters. The molecular weight excluding hydrogens is 220 g/mol. The van der Waals surface area contributed by atoms with Crippen LogP contribution in [0.25, 0.3) is 5.57 Å². The van der Waals surface area contributed by atoms with Gasteiger partial charge in [0.25, 0.3) is 0 Å². The van der Waals surface area contributed by atoms with E-state index >= 15 is 0 Å². The van der Waals surface area contributed by atoms with Crippen LogP contribution < -0.4 is 4.74 Å². The van der Waals surface area contributed by atoms with Gasteiger partial charge in [-0.25, -0.2) is 0 Å². The fraction of sp³-hybridized carbons (Fsp3) is 0.176. The van der Waals surface area contributed by atoms with Crippen molar-refractivity contribution in [1.82, 2.24) is 0 Å². The van der Waals surface area contributed by atoms with Crippen molar-refractivity contribution in [3.05, 3.63) is 71.3 Å². The minimum Gasteiger partial charge on any atom is -0.497 e. The van der Waals surface area contributed by atoms with Crippen molar-refractivity contribution in [1.29, 1.82) is 0 Å². The van der Waals surface area contributed by atoms with Gasteiger partial charge in [0, 0.05) is 0 Å². The number of rotatable bonds is 2. The minimum atomic E-state index is 0.923. The molecule has 0 aliphatic heterocycles. The van der Waals surface area contributed by atoms with Crippen LogP contribution in [0.5, 0.6) is 5.75 Å². The first kappa shape index (κ1) is 11.1. The van der Waals surface area contributed by atoms with Crippen LogP contribution in [0.3, 0.4) is 0 Å². The monoisotopic (exact) mass is 236 g/mol. The number of methoxy groups -OCH3 is 1. The molecule has 2 aromatic carbocycles. The van der Waals surface area contributed by atoms with Gasteiger partial charge in [-0.1, -0.05) is 42.5 Å². The van der Waals surface area contributed by atoms with E-state index in [9.17, 15) is 0 Å². The van der Waals surface area contributed by atoms with E-state index in [1.54, 1.807) is 7.11 Å². The molecule has 1 aliphatic carbocycles. The summed E-state index contributed by atoms with van der Waals surface area (Å²) >= 11 is 0. The zero-order valence-corrected chi connectivity index (χ0v) is 10.5. The van der Waals surface area contributed by atoms with E-state index in [0.717, 1.165) is 18.6 Å². The van der Waals surface area contributed by atoms with Crippen molar-refractivity contribution >= 4 is 5.57 Å². The van der Waals surface area contributed by atoms with Gasteiger partial charge in [-0.15, -0.1) is 0 Å². The van der Waals surface area contributed by atoms with Gasteiger partial charge in [0.05, 0.1) is 7.11 Å². The molecule has 2 aromatic rings. The molecule has 3 rings (SSSR count). The molecule has 0 aromatic heterocycles. The minimum absolute atomic E-state index is 0.923. The fourth-order valence-corrected chi connectivity index (χ4v) is 2.48. The normalized spacial score (nSPS) is 13.7. The summed E-state index contributed by atoms with van der Waals surface area (Å²) in [6.07, 6.45) is 4.38. The summed E-state index contributed by atoms with van der Waals surface area (Å²) in [5.41, 5.74) is 5.55. The molecule has 90 valence electrons. The van der Waals surface area contributed by atoms with Crippen molar-refractivity contribution in [2.75, 3.05) is 7.11 Å². The van der Waals surface area contributed by atoms with Crippen molar-refractivity contribution < 1.29 is 4.74 Å². The average molecular weight is 236 g/mol. The number of fused-ring (bicyclic) bond motifs is 1. The zero-order valence-electron chi connectivity index (χ0n) is 10.5. The fourth-order valence-electron chi connectivity index (χ4n) is 2.48. The van der Waals surface area contributed by atoms with E-state index in [1.165, 1.54) is 22.3 Å². The molecule has 1 aliphatic rings. The lowest BCUT2D eigenvalue weighted by molar-refractivity contribution is 0.414. The average Bonchev–Trinajstić information content (AvgIpc) is 2.47. The standard InChI is InChI=1S/C17H16O/c1-18-17-8-4-7-15(12-17)16-10-9-13-5-2-3-6-14(13)11-16/h2-8,10,12H,9,11H2,1H3. The second kappa shape index (κ2) is 4.69. The molecule has 0 atom stereocenters. The number of hydrogen-bond acceptors (Lipinski definition) is 1. The number of hydrogen-bond donors (Lipinski definition) is 0. The lowest BCUT2D eigenvalue weighted by Gasteiger charge is -2.17. The quantitative estimate of drug-likeness (QED) is 0.769. The highest BCUT2D eigenvalue weighted by atomic mass is 16.5. The van der Waals surface area contributed by atoms with Crippen LogP contribution in [0.1, 0.15) is 16.7 Å². The van der Waals surface area contributed by atoms with Crippen LogP contribution in [0, 0.1) is 0 Å². The first-order chi connectivity index (χ1) is 8.86. The summed E-state index contributed by atoms with van der Waals surface area (Å²) in [5, 5.41) is 0. The highest BCUT2D eigenvalue weighted by Gasteiger charge is 2.11.